The Balaban J connectivity index is 1.84. The average Bonchev–Trinajstić information content (AvgIpc) is 3.38. The van der Waals surface area contributed by atoms with Crippen molar-refractivity contribution in [3.63, 3.8) is 0 Å². The van der Waals surface area contributed by atoms with E-state index in [0.29, 0.717) is 25.9 Å². The molecule has 0 saturated carbocycles. The number of nitrogens with one attached hydrogen (secondary N) is 2. The van der Waals surface area contributed by atoms with E-state index in [1.165, 1.54) is 12.0 Å². The van der Waals surface area contributed by atoms with E-state index in [2.05, 4.69) is 10.6 Å². The number of nitrogens with zero attached hydrogens (tertiary/aromatic N) is 1. The van der Waals surface area contributed by atoms with Gasteiger partial charge in [0.15, 0.2) is 0 Å². The Kier molecular flexibility index (Phi) is 7.61. The summed E-state index contributed by atoms with van der Waals surface area (Å²) in [5.74, 6) is -1.88. The Hall–Kier alpha value is -3.10. The van der Waals surface area contributed by atoms with Crippen molar-refractivity contribution in [3.05, 3.63) is 35.9 Å². The van der Waals surface area contributed by atoms with Crippen molar-refractivity contribution >= 4 is 23.9 Å². The molecule has 2 fully saturated rings. The number of esters is 1. The largest absolute Gasteiger partial charge is 0.467 e. The van der Waals surface area contributed by atoms with Gasteiger partial charge in [-0.3, -0.25) is 14.5 Å². The Morgan fingerprint density at radius 2 is 1.88 bits per heavy atom. The molecule has 0 aliphatic carbocycles. The summed E-state index contributed by atoms with van der Waals surface area (Å²) in [4.78, 5) is 52.3. The molecule has 2 saturated heterocycles. The van der Waals surface area contributed by atoms with Gasteiger partial charge in [-0.05, 0) is 45.6 Å². The van der Waals surface area contributed by atoms with E-state index >= 15 is 0 Å². The molecule has 3 amide bonds. The number of ether oxygens (including phenoxy) is 2. The smallest absolute Gasteiger partial charge is 0.410 e. The normalized spacial score (nSPS) is 23.6. The fraction of sp³-hybridized carbons (Fsp3) is 0.583. The summed E-state index contributed by atoms with van der Waals surface area (Å²) in [6, 6.07) is 7.65. The van der Waals surface area contributed by atoms with Gasteiger partial charge in [0.25, 0.3) is 0 Å². The molecule has 0 radical (unpaired) electrons. The highest BCUT2D eigenvalue weighted by molar-refractivity contribution is 5.91. The molecule has 2 aliphatic rings. The first-order valence-corrected chi connectivity index (χ1v) is 11.3. The van der Waals surface area contributed by atoms with Gasteiger partial charge in [0.05, 0.1) is 7.11 Å². The predicted octanol–water partition coefficient (Wildman–Crippen LogP) is 1.96. The van der Waals surface area contributed by atoms with Crippen LogP contribution in [-0.4, -0.2) is 66.7 Å². The van der Waals surface area contributed by atoms with Crippen LogP contribution in [0.4, 0.5) is 4.79 Å². The topological polar surface area (TPSA) is 114 Å². The highest BCUT2D eigenvalue weighted by Crippen LogP contribution is 2.35. The molecule has 3 rings (SSSR count). The van der Waals surface area contributed by atoms with Crippen LogP contribution in [-0.2, 0) is 23.9 Å². The van der Waals surface area contributed by atoms with Crippen molar-refractivity contribution in [3.8, 4) is 0 Å². The maximum Gasteiger partial charge on any atom is 0.410 e. The summed E-state index contributed by atoms with van der Waals surface area (Å²) < 4.78 is 10.4. The molecule has 180 valence electrons. The number of carbonyl (C=O) groups is 4. The molecule has 0 spiro atoms. The minimum Gasteiger partial charge on any atom is -0.467 e. The molecule has 4 atom stereocenters. The summed E-state index contributed by atoms with van der Waals surface area (Å²) >= 11 is 0. The Morgan fingerprint density at radius 1 is 1.18 bits per heavy atom. The second-order valence-corrected chi connectivity index (χ2v) is 9.52. The van der Waals surface area contributed by atoms with E-state index in [4.69, 9.17) is 9.47 Å². The molecule has 1 aromatic rings. The molecule has 0 aromatic heterocycles. The Bertz CT molecular complexity index is 882. The minimum atomic E-state index is -0.992. The molecular weight excluding hydrogens is 426 g/mol. The summed E-state index contributed by atoms with van der Waals surface area (Å²) in [5, 5.41) is 5.50. The van der Waals surface area contributed by atoms with E-state index in [-0.39, 0.29) is 24.2 Å². The Morgan fingerprint density at radius 3 is 2.45 bits per heavy atom. The van der Waals surface area contributed by atoms with Crippen molar-refractivity contribution in [2.75, 3.05) is 20.2 Å². The van der Waals surface area contributed by atoms with E-state index in [1.807, 2.05) is 30.3 Å². The van der Waals surface area contributed by atoms with Crippen LogP contribution in [0.2, 0.25) is 0 Å². The SMILES string of the molecule is COC(=O)C(C[C@@H]1CCNC1=O)NC(=O)[C@H]1C(c2ccccc2)CCN1C(=O)OC(C)(C)C. The molecule has 9 nitrogen and oxygen atoms in total. The van der Waals surface area contributed by atoms with Crippen LogP contribution < -0.4 is 10.6 Å². The van der Waals surface area contributed by atoms with Crippen LogP contribution in [0.3, 0.4) is 0 Å². The van der Waals surface area contributed by atoms with Gasteiger partial charge in [0, 0.05) is 24.9 Å². The second kappa shape index (κ2) is 10.2. The van der Waals surface area contributed by atoms with Gasteiger partial charge in [-0.25, -0.2) is 9.59 Å². The number of amides is 3. The predicted molar refractivity (Wildman–Crippen MR) is 120 cm³/mol. The quantitative estimate of drug-likeness (QED) is 0.629. The molecule has 0 bridgehead atoms. The van der Waals surface area contributed by atoms with Gasteiger partial charge in [0.1, 0.15) is 17.7 Å². The lowest BCUT2D eigenvalue weighted by Gasteiger charge is -2.31. The lowest BCUT2D eigenvalue weighted by atomic mass is 9.90. The van der Waals surface area contributed by atoms with Crippen LogP contribution in [0.25, 0.3) is 0 Å². The van der Waals surface area contributed by atoms with Gasteiger partial charge < -0.3 is 20.1 Å². The monoisotopic (exact) mass is 459 g/mol. The van der Waals surface area contributed by atoms with Crippen molar-refractivity contribution in [1.82, 2.24) is 15.5 Å². The van der Waals surface area contributed by atoms with E-state index in [1.54, 1.807) is 20.8 Å². The number of hydrogen-bond acceptors (Lipinski definition) is 6. The van der Waals surface area contributed by atoms with Crippen molar-refractivity contribution < 1.29 is 28.7 Å². The first-order chi connectivity index (χ1) is 15.6. The first kappa shape index (κ1) is 24.5. The molecule has 2 heterocycles. The van der Waals surface area contributed by atoms with Gasteiger partial charge in [-0.1, -0.05) is 30.3 Å². The number of carbonyl (C=O) groups excluding carboxylic acids is 4. The number of methoxy groups -OCH3 is 1. The van der Waals surface area contributed by atoms with Gasteiger partial charge in [-0.15, -0.1) is 0 Å². The zero-order chi connectivity index (χ0) is 24.2. The van der Waals surface area contributed by atoms with Crippen LogP contribution in [0, 0.1) is 5.92 Å². The lowest BCUT2D eigenvalue weighted by Crippen LogP contribution is -2.53. The third kappa shape index (κ3) is 6.03. The highest BCUT2D eigenvalue weighted by Gasteiger charge is 2.45. The third-order valence-corrected chi connectivity index (χ3v) is 6.01. The summed E-state index contributed by atoms with van der Waals surface area (Å²) in [7, 11) is 1.24. The zero-order valence-electron chi connectivity index (χ0n) is 19.6. The van der Waals surface area contributed by atoms with Crippen LogP contribution in [0.5, 0.6) is 0 Å². The molecule has 2 N–H and O–H groups in total. The second-order valence-electron chi connectivity index (χ2n) is 9.52. The summed E-state index contributed by atoms with van der Waals surface area (Å²) in [5.41, 5.74) is 0.210. The van der Waals surface area contributed by atoms with Crippen molar-refractivity contribution in [2.45, 2.75) is 63.6 Å². The molecule has 9 heteroatoms. The van der Waals surface area contributed by atoms with E-state index in [9.17, 15) is 19.2 Å². The fourth-order valence-corrected chi connectivity index (χ4v) is 4.46. The maximum absolute atomic E-state index is 13.5. The number of likely N-dealkylation sites (tertiary alicyclic amines) is 1. The summed E-state index contributed by atoms with van der Waals surface area (Å²) in [6.07, 6.45) is 0.725. The van der Waals surface area contributed by atoms with Crippen LogP contribution in [0.15, 0.2) is 30.3 Å². The van der Waals surface area contributed by atoms with E-state index in [0.717, 1.165) is 5.56 Å². The van der Waals surface area contributed by atoms with Gasteiger partial charge in [0.2, 0.25) is 11.8 Å². The number of hydrogen-bond donors (Lipinski definition) is 2. The zero-order valence-corrected chi connectivity index (χ0v) is 19.6. The molecular formula is C24H33N3O6. The average molecular weight is 460 g/mol. The third-order valence-electron chi connectivity index (χ3n) is 6.01. The van der Waals surface area contributed by atoms with E-state index < -0.39 is 35.7 Å². The number of benzene rings is 1. The number of rotatable bonds is 6. The van der Waals surface area contributed by atoms with Gasteiger partial charge >= 0.3 is 12.1 Å². The first-order valence-electron chi connectivity index (χ1n) is 11.3. The Labute approximate surface area is 194 Å². The molecule has 33 heavy (non-hydrogen) atoms. The van der Waals surface area contributed by atoms with Crippen molar-refractivity contribution in [1.29, 1.82) is 0 Å². The van der Waals surface area contributed by atoms with Crippen LogP contribution in [0.1, 0.15) is 51.5 Å². The van der Waals surface area contributed by atoms with Crippen LogP contribution >= 0.6 is 0 Å². The highest BCUT2D eigenvalue weighted by atomic mass is 16.6. The maximum atomic E-state index is 13.5. The fourth-order valence-electron chi connectivity index (χ4n) is 4.46. The lowest BCUT2D eigenvalue weighted by molar-refractivity contribution is -0.146. The molecule has 2 unspecified atom stereocenters. The minimum absolute atomic E-state index is 0.138. The van der Waals surface area contributed by atoms with Crippen molar-refractivity contribution in [2.24, 2.45) is 5.92 Å². The molecule has 2 aliphatic heterocycles. The molecule has 1 aromatic carbocycles. The summed E-state index contributed by atoms with van der Waals surface area (Å²) in [6.45, 7) is 6.19. The van der Waals surface area contributed by atoms with Gasteiger partial charge in [-0.2, -0.15) is 0 Å². The standard InChI is InChI=1S/C24H33N3O6/c1-24(2,3)33-23(31)27-13-11-17(15-8-6-5-7-9-15)19(27)21(29)26-18(22(30)32-4)14-16-10-12-25-20(16)28/h5-9,16-19H,10-14H2,1-4H3,(H,25,28)(H,26,29)/t16-,17?,18?,19+/m0/s1.